The summed E-state index contributed by atoms with van der Waals surface area (Å²) in [5.74, 6) is 1.30. The fourth-order valence-electron chi connectivity index (χ4n) is 3.33. The van der Waals surface area contributed by atoms with Crippen LogP contribution < -0.4 is 5.32 Å². The first-order valence-corrected chi connectivity index (χ1v) is 10.1. The second-order valence-corrected chi connectivity index (χ2v) is 7.78. The molecule has 3 heterocycles. The van der Waals surface area contributed by atoms with E-state index in [4.69, 9.17) is 15.1 Å². The number of anilines is 1. The summed E-state index contributed by atoms with van der Waals surface area (Å²) in [5, 5.41) is 18.8. The number of aromatic nitrogens is 4. The van der Waals surface area contributed by atoms with Gasteiger partial charge in [-0.05, 0) is 25.3 Å². The van der Waals surface area contributed by atoms with Crippen molar-refractivity contribution in [3.8, 4) is 11.4 Å². The number of hydrogen-bond donors (Lipinski definition) is 2. The van der Waals surface area contributed by atoms with Crippen molar-refractivity contribution in [3.63, 3.8) is 0 Å². The van der Waals surface area contributed by atoms with Gasteiger partial charge in [0.05, 0.1) is 18.0 Å². The van der Waals surface area contributed by atoms with Crippen LogP contribution in [-0.4, -0.2) is 37.3 Å². The van der Waals surface area contributed by atoms with E-state index in [2.05, 4.69) is 19.2 Å². The summed E-state index contributed by atoms with van der Waals surface area (Å²) in [6, 6.07) is 9.90. The predicted octanol–water partition coefficient (Wildman–Crippen LogP) is 4.06. The van der Waals surface area contributed by atoms with E-state index in [9.17, 15) is 5.11 Å². The summed E-state index contributed by atoms with van der Waals surface area (Å²) in [6.45, 7) is 6.36. The molecule has 0 spiro atoms. The van der Waals surface area contributed by atoms with Gasteiger partial charge < -0.3 is 10.4 Å². The van der Waals surface area contributed by atoms with Crippen LogP contribution in [0.3, 0.4) is 0 Å². The van der Waals surface area contributed by atoms with Gasteiger partial charge >= 0.3 is 0 Å². The largest absolute Gasteiger partial charge is 0.394 e. The molecule has 2 N–H and O–H groups in total. The number of benzene rings is 1. The molecule has 0 unspecified atom stereocenters. The van der Waals surface area contributed by atoms with Crippen LogP contribution in [0.4, 0.5) is 5.95 Å². The Morgan fingerprint density at radius 3 is 2.63 bits per heavy atom. The van der Waals surface area contributed by atoms with Gasteiger partial charge in [-0.1, -0.05) is 44.2 Å². The van der Waals surface area contributed by atoms with E-state index in [1.165, 1.54) is 10.4 Å². The van der Waals surface area contributed by atoms with Crippen molar-refractivity contribution in [2.24, 2.45) is 0 Å². The number of nitrogens with one attached hydrogen (secondary N) is 1. The maximum absolute atomic E-state index is 9.61. The van der Waals surface area contributed by atoms with E-state index in [1.807, 2.05) is 37.3 Å². The highest BCUT2D eigenvalue weighted by Crippen LogP contribution is 2.34. The maximum atomic E-state index is 9.61. The van der Waals surface area contributed by atoms with Crippen LogP contribution >= 0.6 is 11.3 Å². The van der Waals surface area contributed by atoms with Crippen LogP contribution in [0.15, 0.2) is 30.3 Å². The zero-order valence-corrected chi connectivity index (χ0v) is 16.5. The molecule has 27 heavy (non-hydrogen) atoms. The zero-order chi connectivity index (χ0) is 19.0. The summed E-state index contributed by atoms with van der Waals surface area (Å²) >= 11 is 1.68. The maximum Gasteiger partial charge on any atom is 0.227 e. The number of fused-ring (bicyclic) bond motifs is 3. The van der Waals surface area contributed by atoms with Crippen molar-refractivity contribution in [2.45, 2.75) is 39.7 Å². The molecule has 3 aromatic heterocycles. The molecule has 0 aliphatic rings. The van der Waals surface area contributed by atoms with Crippen LogP contribution in [0, 0.1) is 6.92 Å². The van der Waals surface area contributed by atoms with E-state index >= 15 is 0 Å². The predicted molar refractivity (Wildman–Crippen MR) is 111 cm³/mol. The molecule has 140 valence electrons. The van der Waals surface area contributed by atoms with Crippen molar-refractivity contribution in [2.75, 3.05) is 11.9 Å². The van der Waals surface area contributed by atoms with Crippen molar-refractivity contribution < 1.29 is 5.11 Å². The van der Waals surface area contributed by atoms with Gasteiger partial charge in [0.2, 0.25) is 5.95 Å². The average Bonchev–Trinajstić information content (AvgIpc) is 3.27. The highest BCUT2D eigenvalue weighted by atomic mass is 32.1. The van der Waals surface area contributed by atoms with Gasteiger partial charge in [0.25, 0.3) is 0 Å². The summed E-state index contributed by atoms with van der Waals surface area (Å²) in [4.78, 5) is 11.9. The standard InChI is InChI=1S/C20H23N5OS/c1-4-14(11-26)21-20-23-19-16(15(5-2)12(3)27-19)18-22-17(24-25(18)20)13-9-7-6-8-10-13/h6-10,14,26H,4-5,11H2,1-3H3,(H,21,23)/t14-/m0/s1. The summed E-state index contributed by atoms with van der Waals surface area (Å²) < 4.78 is 1.79. The Hall–Kier alpha value is -2.51. The molecule has 0 fully saturated rings. The number of aliphatic hydroxyl groups is 1. The van der Waals surface area contributed by atoms with E-state index in [0.717, 1.165) is 34.3 Å². The lowest BCUT2D eigenvalue weighted by atomic mass is 10.1. The lowest BCUT2D eigenvalue weighted by Gasteiger charge is -2.15. The molecular formula is C20H23N5OS. The van der Waals surface area contributed by atoms with Gasteiger partial charge in [-0.15, -0.1) is 16.4 Å². The lowest BCUT2D eigenvalue weighted by Crippen LogP contribution is -2.25. The van der Waals surface area contributed by atoms with Crippen LogP contribution in [0.2, 0.25) is 0 Å². The SMILES string of the molecule is CCc1c(C)sc2nc(N[C@@H](CC)CO)n3nc(-c4ccccc4)nc3c12. The Bertz CT molecular complexity index is 1080. The summed E-state index contributed by atoms with van der Waals surface area (Å²) in [5.41, 5.74) is 3.06. The molecule has 0 amide bonds. The average molecular weight is 382 g/mol. The number of hydrogen-bond acceptors (Lipinski definition) is 6. The van der Waals surface area contributed by atoms with E-state index in [-0.39, 0.29) is 12.6 Å². The van der Waals surface area contributed by atoms with Crippen molar-refractivity contribution in [3.05, 3.63) is 40.8 Å². The van der Waals surface area contributed by atoms with Gasteiger partial charge in [-0.25, -0.2) is 9.97 Å². The topological polar surface area (TPSA) is 75.3 Å². The molecule has 0 aliphatic heterocycles. The molecule has 7 heteroatoms. The third-order valence-electron chi connectivity index (χ3n) is 4.86. The highest BCUT2D eigenvalue weighted by Gasteiger charge is 2.20. The third-order valence-corrected chi connectivity index (χ3v) is 5.90. The number of thiophene rings is 1. The second-order valence-electron chi connectivity index (χ2n) is 6.57. The first-order chi connectivity index (χ1) is 13.2. The van der Waals surface area contributed by atoms with E-state index in [0.29, 0.717) is 11.8 Å². The van der Waals surface area contributed by atoms with Crippen molar-refractivity contribution in [1.82, 2.24) is 19.6 Å². The Labute approximate surface area is 161 Å². The van der Waals surface area contributed by atoms with Crippen molar-refractivity contribution >= 4 is 33.1 Å². The van der Waals surface area contributed by atoms with Gasteiger partial charge in [0, 0.05) is 10.4 Å². The van der Waals surface area contributed by atoms with Crippen LogP contribution in [0.1, 0.15) is 30.7 Å². The Balaban J connectivity index is 2.00. The number of aryl methyl sites for hydroxylation is 2. The van der Waals surface area contributed by atoms with Crippen LogP contribution in [0.25, 0.3) is 27.3 Å². The van der Waals surface area contributed by atoms with Gasteiger partial charge in [-0.3, -0.25) is 0 Å². The van der Waals surface area contributed by atoms with Gasteiger partial charge in [0.15, 0.2) is 11.5 Å². The Morgan fingerprint density at radius 1 is 1.19 bits per heavy atom. The number of aliphatic hydroxyl groups excluding tert-OH is 1. The molecule has 1 atom stereocenters. The third kappa shape index (κ3) is 3.07. The fraction of sp³-hybridized carbons (Fsp3) is 0.350. The molecule has 0 radical (unpaired) electrons. The number of rotatable bonds is 6. The van der Waals surface area contributed by atoms with Gasteiger partial charge in [-0.2, -0.15) is 4.52 Å². The minimum absolute atomic E-state index is 0.0433. The van der Waals surface area contributed by atoms with Crippen LogP contribution in [0.5, 0.6) is 0 Å². The molecular weight excluding hydrogens is 358 g/mol. The molecule has 4 aromatic rings. The Morgan fingerprint density at radius 2 is 1.96 bits per heavy atom. The Kier molecular flexibility index (Phi) is 4.80. The molecule has 0 saturated heterocycles. The summed E-state index contributed by atoms with van der Waals surface area (Å²) in [7, 11) is 0. The molecule has 0 saturated carbocycles. The lowest BCUT2D eigenvalue weighted by molar-refractivity contribution is 0.271. The quantitative estimate of drug-likeness (QED) is 0.527. The first-order valence-electron chi connectivity index (χ1n) is 9.27. The minimum atomic E-state index is -0.0748. The molecule has 0 bridgehead atoms. The van der Waals surface area contributed by atoms with E-state index in [1.54, 1.807) is 15.9 Å². The second kappa shape index (κ2) is 7.25. The van der Waals surface area contributed by atoms with E-state index < -0.39 is 0 Å². The van der Waals surface area contributed by atoms with Crippen LogP contribution in [-0.2, 0) is 6.42 Å². The molecule has 4 rings (SSSR count). The monoisotopic (exact) mass is 381 g/mol. The smallest absolute Gasteiger partial charge is 0.227 e. The highest BCUT2D eigenvalue weighted by molar-refractivity contribution is 7.18. The molecule has 6 nitrogen and oxygen atoms in total. The zero-order valence-electron chi connectivity index (χ0n) is 15.7. The minimum Gasteiger partial charge on any atom is -0.394 e. The number of nitrogens with zero attached hydrogens (tertiary/aromatic N) is 4. The summed E-state index contributed by atoms with van der Waals surface area (Å²) in [6.07, 6.45) is 1.72. The first kappa shape index (κ1) is 17.9. The van der Waals surface area contributed by atoms with Crippen molar-refractivity contribution in [1.29, 1.82) is 0 Å². The molecule has 0 aliphatic carbocycles. The normalized spacial score (nSPS) is 12.7. The molecule has 1 aromatic carbocycles. The van der Waals surface area contributed by atoms with Gasteiger partial charge in [0.1, 0.15) is 4.83 Å². The fourth-order valence-corrected chi connectivity index (χ4v) is 4.43.